The number of anilines is 1. The number of benzene rings is 1. The lowest BCUT2D eigenvalue weighted by Gasteiger charge is -2.29. The van der Waals surface area contributed by atoms with Gasteiger partial charge >= 0.3 is 0 Å². The average Bonchev–Trinajstić information content (AvgIpc) is 2.86. The van der Waals surface area contributed by atoms with Gasteiger partial charge in [-0.2, -0.15) is 0 Å². The molecule has 1 saturated heterocycles. The third-order valence-electron chi connectivity index (χ3n) is 4.05. The Balaban J connectivity index is 1.85. The second-order valence-electron chi connectivity index (χ2n) is 5.55. The largest absolute Gasteiger partial charge is 0.373 e. The number of aliphatic hydroxyl groups excluding tert-OH is 1. The highest BCUT2D eigenvalue weighted by atomic mass is 35.5. The van der Waals surface area contributed by atoms with Crippen LogP contribution in [0, 0.1) is 0 Å². The van der Waals surface area contributed by atoms with Crippen LogP contribution in [-0.4, -0.2) is 45.9 Å². The van der Waals surface area contributed by atoms with E-state index < -0.39 is 18.2 Å². The van der Waals surface area contributed by atoms with Gasteiger partial charge in [-0.3, -0.25) is 19.7 Å². The Bertz CT molecular complexity index is 679. The van der Waals surface area contributed by atoms with Gasteiger partial charge in [-0.1, -0.05) is 6.07 Å². The average molecular weight is 338 g/mol. The van der Waals surface area contributed by atoms with Crippen molar-refractivity contribution in [3.8, 4) is 0 Å². The van der Waals surface area contributed by atoms with E-state index in [1.807, 2.05) is 0 Å². The number of alkyl halides is 1. The normalized spacial score (nSPS) is 21.9. The number of piperidine rings is 1. The van der Waals surface area contributed by atoms with Gasteiger partial charge in [0, 0.05) is 29.8 Å². The third kappa shape index (κ3) is 2.89. The first-order valence-electron chi connectivity index (χ1n) is 7.28. The number of aliphatic hydroxyl groups is 1. The van der Waals surface area contributed by atoms with Gasteiger partial charge < -0.3 is 15.3 Å². The van der Waals surface area contributed by atoms with E-state index in [-0.39, 0.29) is 30.7 Å². The van der Waals surface area contributed by atoms with E-state index in [0.717, 1.165) is 0 Å². The molecule has 1 aromatic rings. The first-order chi connectivity index (χ1) is 11.0. The smallest absolute Gasteiger partial charge is 0.255 e. The molecule has 2 unspecified atom stereocenters. The molecule has 8 heteroatoms. The van der Waals surface area contributed by atoms with Gasteiger partial charge in [0.15, 0.2) is 0 Å². The molecule has 0 aliphatic carbocycles. The summed E-state index contributed by atoms with van der Waals surface area (Å²) in [4.78, 5) is 37.3. The summed E-state index contributed by atoms with van der Waals surface area (Å²) < 4.78 is 0. The molecule has 1 aromatic carbocycles. The maximum Gasteiger partial charge on any atom is 0.255 e. The van der Waals surface area contributed by atoms with E-state index in [1.54, 1.807) is 18.2 Å². The van der Waals surface area contributed by atoms with Crippen LogP contribution in [0.2, 0.25) is 0 Å². The molecular formula is C15H16ClN3O4. The fraction of sp³-hybridized carbons (Fsp3) is 0.400. The molecule has 3 rings (SSSR count). The molecule has 23 heavy (non-hydrogen) atoms. The van der Waals surface area contributed by atoms with Gasteiger partial charge in [-0.25, -0.2) is 0 Å². The van der Waals surface area contributed by atoms with Crippen LogP contribution in [-0.2, 0) is 16.1 Å². The van der Waals surface area contributed by atoms with Crippen LogP contribution >= 0.6 is 11.6 Å². The molecule has 122 valence electrons. The number of carbonyl (C=O) groups excluding carboxylic acids is 3. The summed E-state index contributed by atoms with van der Waals surface area (Å²) in [6.45, 7) is 0.249. The van der Waals surface area contributed by atoms with Crippen LogP contribution < -0.4 is 10.6 Å². The highest BCUT2D eigenvalue weighted by Crippen LogP contribution is 2.32. The molecule has 2 atom stereocenters. The number of nitrogens with one attached hydrogen (secondary N) is 2. The number of imide groups is 1. The predicted molar refractivity (Wildman–Crippen MR) is 82.8 cm³/mol. The number of hydrogen-bond donors (Lipinski definition) is 3. The van der Waals surface area contributed by atoms with E-state index in [2.05, 4.69) is 10.6 Å². The predicted octanol–water partition coefficient (Wildman–Crippen LogP) is 0.417. The topological polar surface area (TPSA) is 98.7 Å². The van der Waals surface area contributed by atoms with Gasteiger partial charge in [0.25, 0.3) is 5.91 Å². The quantitative estimate of drug-likeness (QED) is 0.420. The molecule has 2 aliphatic heterocycles. The molecule has 0 spiro atoms. The molecular weight excluding hydrogens is 322 g/mol. The van der Waals surface area contributed by atoms with Crippen LogP contribution in [0.3, 0.4) is 0 Å². The maximum absolute atomic E-state index is 12.6. The summed E-state index contributed by atoms with van der Waals surface area (Å²) in [5.41, 5.74) is 1.81. The monoisotopic (exact) mass is 337 g/mol. The van der Waals surface area contributed by atoms with Gasteiger partial charge in [-0.15, -0.1) is 11.6 Å². The van der Waals surface area contributed by atoms with E-state index in [4.69, 9.17) is 11.6 Å². The van der Waals surface area contributed by atoms with Crippen LogP contribution in [0.25, 0.3) is 0 Å². The van der Waals surface area contributed by atoms with Crippen LogP contribution in [0.15, 0.2) is 18.2 Å². The number of amides is 3. The van der Waals surface area contributed by atoms with Gasteiger partial charge in [0.1, 0.15) is 12.3 Å². The number of carbonyl (C=O) groups is 3. The first-order valence-corrected chi connectivity index (χ1v) is 7.82. The Morgan fingerprint density at radius 2 is 2.17 bits per heavy atom. The highest BCUT2D eigenvalue weighted by Gasteiger charge is 2.39. The van der Waals surface area contributed by atoms with Crippen molar-refractivity contribution in [2.75, 3.05) is 11.2 Å². The van der Waals surface area contributed by atoms with Gasteiger partial charge in [0.2, 0.25) is 11.8 Å². The molecule has 2 aliphatic rings. The minimum atomic E-state index is -0.928. The maximum atomic E-state index is 12.6. The van der Waals surface area contributed by atoms with Crippen LogP contribution in [0.5, 0.6) is 0 Å². The summed E-state index contributed by atoms with van der Waals surface area (Å²) in [6.07, 6.45) is -0.396. The SMILES string of the molecule is O=C1CCC(N2Cc3c(NC(O)CCl)cccc3C2=O)C(=O)N1. The number of hydrogen-bond acceptors (Lipinski definition) is 5. The number of rotatable bonds is 4. The summed E-state index contributed by atoms with van der Waals surface area (Å²) in [5.74, 6) is -1.01. The lowest BCUT2D eigenvalue weighted by molar-refractivity contribution is -0.136. The van der Waals surface area contributed by atoms with Crippen molar-refractivity contribution < 1.29 is 19.5 Å². The Labute approximate surface area is 137 Å². The molecule has 3 N–H and O–H groups in total. The summed E-state index contributed by atoms with van der Waals surface area (Å²) in [7, 11) is 0. The minimum Gasteiger partial charge on any atom is -0.373 e. The van der Waals surface area contributed by atoms with Crippen LogP contribution in [0.1, 0.15) is 28.8 Å². The van der Waals surface area contributed by atoms with Crippen molar-refractivity contribution in [2.24, 2.45) is 0 Å². The molecule has 1 fully saturated rings. The molecule has 0 aromatic heterocycles. The lowest BCUT2D eigenvalue weighted by Crippen LogP contribution is -2.52. The zero-order chi connectivity index (χ0) is 16.6. The number of fused-ring (bicyclic) bond motifs is 1. The van der Waals surface area contributed by atoms with Crippen molar-refractivity contribution in [3.63, 3.8) is 0 Å². The third-order valence-corrected chi connectivity index (χ3v) is 4.34. The van der Waals surface area contributed by atoms with E-state index in [9.17, 15) is 19.5 Å². The Kier molecular flexibility index (Phi) is 4.23. The summed E-state index contributed by atoms with van der Waals surface area (Å²) >= 11 is 5.59. The second kappa shape index (κ2) is 6.17. The summed E-state index contributed by atoms with van der Waals surface area (Å²) in [6, 6.07) is 4.48. The lowest BCUT2D eigenvalue weighted by atomic mass is 10.0. The molecule has 2 heterocycles. The molecule has 0 bridgehead atoms. The zero-order valence-corrected chi connectivity index (χ0v) is 13.0. The second-order valence-corrected chi connectivity index (χ2v) is 5.85. The molecule has 7 nitrogen and oxygen atoms in total. The van der Waals surface area contributed by atoms with Crippen LogP contribution in [0.4, 0.5) is 5.69 Å². The molecule has 3 amide bonds. The van der Waals surface area contributed by atoms with Crippen molar-refractivity contribution in [2.45, 2.75) is 31.7 Å². The van der Waals surface area contributed by atoms with Crippen molar-refractivity contribution in [3.05, 3.63) is 29.3 Å². The van der Waals surface area contributed by atoms with Crippen molar-refractivity contribution in [1.82, 2.24) is 10.2 Å². The fourth-order valence-corrected chi connectivity index (χ4v) is 3.02. The van der Waals surface area contributed by atoms with Crippen molar-refractivity contribution >= 4 is 35.0 Å². The Morgan fingerprint density at radius 3 is 2.87 bits per heavy atom. The standard InChI is InChI=1S/C15H16ClN3O4/c16-6-13(21)17-10-3-1-2-8-9(10)7-19(15(8)23)11-4-5-12(20)18-14(11)22/h1-3,11,13,17,21H,4-7H2,(H,18,20,22). The van der Waals surface area contributed by atoms with Gasteiger partial charge in [0.05, 0.1) is 5.88 Å². The highest BCUT2D eigenvalue weighted by molar-refractivity contribution is 6.18. The fourth-order valence-electron chi connectivity index (χ4n) is 2.94. The van der Waals surface area contributed by atoms with E-state index in [1.165, 1.54) is 4.90 Å². The minimum absolute atomic E-state index is 0.00840. The van der Waals surface area contributed by atoms with E-state index >= 15 is 0 Å². The first kappa shape index (κ1) is 15.8. The van der Waals surface area contributed by atoms with E-state index in [0.29, 0.717) is 23.2 Å². The summed E-state index contributed by atoms with van der Waals surface area (Å²) in [5, 5.41) is 14.8. The molecule has 0 saturated carbocycles. The number of nitrogens with zero attached hydrogens (tertiary/aromatic N) is 1. The Hall–Kier alpha value is -2.12. The van der Waals surface area contributed by atoms with Gasteiger partial charge in [-0.05, 0) is 18.6 Å². The van der Waals surface area contributed by atoms with Crippen molar-refractivity contribution in [1.29, 1.82) is 0 Å². The Morgan fingerprint density at radius 1 is 1.39 bits per heavy atom. The zero-order valence-electron chi connectivity index (χ0n) is 12.2. The molecule has 0 radical (unpaired) electrons. The number of halogens is 1.